The van der Waals surface area contributed by atoms with Crippen molar-refractivity contribution >= 4 is 13.8 Å². The molecule has 326 valence electrons. The SMILES string of the molecule is CCCCC/C=C\C/C=C\C/C=C\C=C\[C@@H](O)CCCC(=O)OC[C@H](COP(=O)([O-])OCC[N+](C)(C)C)O/C=C/CCCCCCCCCCCCCCCC. The third-order valence-electron chi connectivity index (χ3n) is 9.27. The van der Waals surface area contributed by atoms with Crippen LogP contribution in [-0.2, 0) is 27.9 Å². The van der Waals surface area contributed by atoms with Crippen LogP contribution in [-0.4, -0.2) is 75.3 Å². The molecule has 0 heterocycles. The molecule has 0 saturated carbocycles. The van der Waals surface area contributed by atoms with Gasteiger partial charge in [0.1, 0.15) is 19.8 Å². The highest BCUT2D eigenvalue weighted by Crippen LogP contribution is 2.38. The summed E-state index contributed by atoms with van der Waals surface area (Å²) in [5.41, 5.74) is 0. The van der Waals surface area contributed by atoms with Crippen molar-refractivity contribution in [1.29, 1.82) is 0 Å². The summed E-state index contributed by atoms with van der Waals surface area (Å²) in [6, 6.07) is 0. The minimum atomic E-state index is -4.56. The first-order valence-electron chi connectivity index (χ1n) is 22.2. The van der Waals surface area contributed by atoms with Crippen LogP contribution in [0.1, 0.15) is 168 Å². The van der Waals surface area contributed by atoms with Gasteiger partial charge in [-0.1, -0.05) is 159 Å². The molecule has 0 rings (SSSR count). The Morgan fingerprint density at radius 2 is 1.21 bits per heavy atom. The summed E-state index contributed by atoms with van der Waals surface area (Å²) < 4.78 is 34.2. The predicted molar refractivity (Wildman–Crippen MR) is 232 cm³/mol. The van der Waals surface area contributed by atoms with E-state index < -0.39 is 26.0 Å². The van der Waals surface area contributed by atoms with Crippen LogP contribution in [0.4, 0.5) is 0 Å². The molecule has 0 bridgehead atoms. The van der Waals surface area contributed by atoms with Gasteiger partial charge < -0.3 is 33.0 Å². The summed E-state index contributed by atoms with van der Waals surface area (Å²) in [6.07, 6.45) is 45.1. The van der Waals surface area contributed by atoms with E-state index in [4.69, 9.17) is 18.5 Å². The van der Waals surface area contributed by atoms with E-state index in [1.807, 2.05) is 45.4 Å². The molecule has 0 aliphatic rings. The molecule has 0 aromatic carbocycles. The Morgan fingerprint density at radius 1 is 0.679 bits per heavy atom. The van der Waals surface area contributed by atoms with Gasteiger partial charge in [0.2, 0.25) is 0 Å². The molecule has 1 unspecified atom stereocenters. The largest absolute Gasteiger partial charge is 0.756 e. The van der Waals surface area contributed by atoms with Gasteiger partial charge in [-0.2, -0.15) is 0 Å². The number of ether oxygens (including phenoxy) is 2. The molecule has 0 spiro atoms. The maximum atomic E-state index is 12.5. The van der Waals surface area contributed by atoms with Gasteiger partial charge in [-0.05, 0) is 57.4 Å². The van der Waals surface area contributed by atoms with E-state index in [9.17, 15) is 19.4 Å². The first-order chi connectivity index (χ1) is 27.0. The van der Waals surface area contributed by atoms with Crippen LogP contribution in [0.25, 0.3) is 0 Å². The Morgan fingerprint density at radius 3 is 1.84 bits per heavy atom. The second-order valence-corrected chi connectivity index (χ2v) is 17.4. The summed E-state index contributed by atoms with van der Waals surface area (Å²) in [6.45, 7) is 4.45. The van der Waals surface area contributed by atoms with E-state index in [1.54, 1.807) is 12.3 Å². The number of phosphoric acid groups is 1. The molecule has 1 N–H and O–H groups in total. The van der Waals surface area contributed by atoms with Crippen molar-refractivity contribution in [2.45, 2.75) is 180 Å². The molecule has 0 radical (unpaired) electrons. The lowest BCUT2D eigenvalue weighted by molar-refractivity contribution is -0.870. The number of carbonyl (C=O) groups excluding carboxylic acids is 1. The van der Waals surface area contributed by atoms with Gasteiger partial charge in [0, 0.05) is 6.42 Å². The van der Waals surface area contributed by atoms with Gasteiger partial charge in [0.05, 0.1) is 40.1 Å². The number of likely N-dealkylation sites (N-methyl/N-ethyl adjacent to an activating group) is 1. The highest BCUT2D eigenvalue weighted by Gasteiger charge is 2.19. The van der Waals surface area contributed by atoms with E-state index in [0.29, 0.717) is 23.9 Å². The molecular weight excluding hydrogens is 725 g/mol. The molecule has 0 amide bonds. The maximum Gasteiger partial charge on any atom is 0.305 e. The highest BCUT2D eigenvalue weighted by atomic mass is 31.2. The standard InChI is InChI=1S/C46H84NO8P/c1-6-8-10-12-14-16-18-20-21-22-24-26-28-30-32-34-40-52-45(43-55-56(50,51)54-41-39-47(3,4)5)42-53-46(49)38-35-37-44(48)36-33-31-29-27-25-23-19-17-15-13-11-9-7-2/h15,17,23,25,29,31,33-34,36,40,44-45,48H,6-14,16,18-22,24,26-28,30,32,35,37-39,41-43H2,1-5H3/b17-15-,25-23-,31-29-,36-33+,40-34+/t44-,45-/m1/s1. The van der Waals surface area contributed by atoms with E-state index in [-0.39, 0.29) is 26.2 Å². The lowest BCUT2D eigenvalue weighted by atomic mass is 10.0. The van der Waals surface area contributed by atoms with Crippen LogP contribution in [0.2, 0.25) is 0 Å². The number of nitrogens with zero attached hydrogens (tertiary/aromatic N) is 1. The number of aliphatic hydroxyl groups is 1. The summed E-state index contributed by atoms with van der Waals surface area (Å²) >= 11 is 0. The number of quaternary nitrogens is 1. The summed E-state index contributed by atoms with van der Waals surface area (Å²) in [7, 11) is 1.26. The number of allylic oxidation sites excluding steroid dienone is 8. The van der Waals surface area contributed by atoms with E-state index in [0.717, 1.165) is 38.5 Å². The zero-order chi connectivity index (χ0) is 41.4. The Bertz CT molecular complexity index is 1100. The van der Waals surface area contributed by atoms with Crippen LogP contribution in [0, 0.1) is 0 Å². The zero-order valence-corrected chi connectivity index (χ0v) is 37.3. The van der Waals surface area contributed by atoms with Crippen LogP contribution >= 0.6 is 7.82 Å². The topological polar surface area (TPSA) is 114 Å². The van der Waals surface area contributed by atoms with Crippen LogP contribution in [0.15, 0.2) is 60.9 Å². The maximum absolute atomic E-state index is 12.5. The van der Waals surface area contributed by atoms with E-state index >= 15 is 0 Å². The molecule has 10 heteroatoms. The minimum Gasteiger partial charge on any atom is -0.756 e. The van der Waals surface area contributed by atoms with E-state index in [1.165, 1.54) is 96.3 Å². The third kappa shape index (κ3) is 41.6. The van der Waals surface area contributed by atoms with E-state index in [2.05, 4.69) is 38.2 Å². The quantitative estimate of drug-likeness (QED) is 0.0124. The fraction of sp³-hybridized carbons (Fsp3) is 0.761. The predicted octanol–water partition coefficient (Wildman–Crippen LogP) is 11.6. The molecule has 0 aromatic heterocycles. The van der Waals surface area contributed by atoms with Crippen molar-refractivity contribution in [2.24, 2.45) is 0 Å². The average Bonchev–Trinajstić information content (AvgIpc) is 3.14. The molecule has 0 saturated heterocycles. The van der Waals surface area contributed by atoms with Crippen molar-refractivity contribution < 1.29 is 42.4 Å². The number of esters is 1. The second kappa shape index (κ2) is 38.5. The van der Waals surface area contributed by atoms with Crippen molar-refractivity contribution in [3.63, 3.8) is 0 Å². The molecule has 0 fully saturated rings. The van der Waals surface area contributed by atoms with Gasteiger partial charge >= 0.3 is 5.97 Å². The first kappa shape index (κ1) is 54.0. The van der Waals surface area contributed by atoms with Crippen LogP contribution < -0.4 is 4.89 Å². The Kier molecular flexibility index (Phi) is 37.1. The van der Waals surface area contributed by atoms with Crippen molar-refractivity contribution in [2.75, 3.05) is 47.5 Å². The summed E-state index contributed by atoms with van der Waals surface area (Å²) in [5, 5.41) is 10.3. The van der Waals surface area contributed by atoms with Crippen molar-refractivity contribution in [3.05, 3.63) is 60.9 Å². The Hall–Kier alpha value is -2.00. The van der Waals surface area contributed by atoms with Gasteiger partial charge in [-0.25, -0.2) is 0 Å². The number of unbranched alkanes of at least 4 members (excludes halogenated alkanes) is 17. The Balaban J connectivity index is 4.48. The lowest BCUT2D eigenvalue weighted by Crippen LogP contribution is -2.37. The number of rotatable bonds is 40. The zero-order valence-electron chi connectivity index (χ0n) is 36.4. The normalized spacial score (nSPS) is 14.8. The van der Waals surface area contributed by atoms with Crippen molar-refractivity contribution in [1.82, 2.24) is 0 Å². The third-order valence-corrected chi connectivity index (χ3v) is 10.2. The van der Waals surface area contributed by atoms with Gasteiger partial charge in [-0.3, -0.25) is 9.36 Å². The number of aliphatic hydroxyl groups excluding tert-OH is 1. The lowest BCUT2D eigenvalue weighted by Gasteiger charge is -2.28. The molecular formula is C46H84NO8P. The molecule has 0 aliphatic carbocycles. The number of phosphoric ester groups is 1. The van der Waals surface area contributed by atoms with Crippen molar-refractivity contribution in [3.8, 4) is 0 Å². The average molecular weight is 810 g/mol. The fourth-order valence-corrected chi connectivity index (χ4v) is 6.42. The Labute approximate surface area is 343 Å². The summed E-state index contributed by atoms with van der Waals surface area (Å²) in [5.74, 6) is -0.451. The molecule has 3 atom stereocenters. The monoisotopic (exact) mass is 810 g/mol. The minimum absolute atomic E-state index is 0.00405. The number of carbonyl (C=O) groups is 1. The van der Waals surface area contributed by atoms with Gasteiger partial charge in [0.25, 0.3) is 7.82 Å². The second-order valence-electron chi connectivity index (χ2n) is 16.0. The first-order valence-corrected chi connectivity index (χ1v) is 23.6. The number of hydrogen-bond donors (Lipinski definition) is 1. The molecule has 0 aromatic rings. The van der Waals surface area contributed by atoms with Crippen LogP contribution in [0.3, 0.4) is 0 Å². The molecule has 9 nitrogen and oxygen atoms in total. The van der Waals surface area contributed by atoms with Gasteiger partial charge in [0.15, 0.2) is 6.10 Å². The highest BCUT2D eigenvalue weighted by molar-refractivity contribution is 7.45. The van der Waals surface area contributed by atoms with Crippen LogP contribution in [0.5, 0.6) is 0 Å². The summed E-state index contributed by atoms with van der Waals surface area (Å²) in [4.78, 5) is 24.8. The smallest absolute Gasteiger partial charge is 0.305 e. The number of hydrogen-bond acceptors (Lipinski definition) is 8. The molecule has 0 aliphatic heterocycles. The fourth-order valence-electron chi connectivity index (χ4n) is 5.69. The molecule has 56 heavy (non-hydrogen) atoms. The van der Waals surface area contributed by atoms with Gasteiger partial charge in [-0.15, -0.1) is 0 Å².